The van der Waals surface area contributed by atoms with E-state index in [2.05, 4.69) is 6.92 Å². The van der Waals surface area contributed by atoms with Crippen molar-refractivity contribution in [3.05, 3.63) is 71.8 Å². The van der Waals surface area contributed by atoms with Gasteiger partial charge in [0.15, 0.2) is 0 Å². The number of unbranched alkanes of at least 4 members (excludes halogenated alkanes) is 2. The van der Waals surface area contributed by atoms with Crippen molar-refractivity contribution in [2.75, 3.05) is 6.61 Å². The van der Waals surface area contributed by atoms with Gasteiger partial charge < -0.3 is 19.5 Å². The first-order chi connectivity index (χ1) is 15.7. The first-order valence-electron chi connectivity index (χ1n) is 11.5. The molecule has 0 fully saturated rings. The average Bonchev–Trinajstić information content (AvgIpc) is 2.78. The van der Waals surface area contributed by atoms with Gasteiger partial charge in [0.05, 0.1) is 15.4 Å². The fraction of sp³-hybridized carbons (Fsp3) is 0.462. The van der Waals surface area contributed by atoms with Crippen molar-refractivity contribution in [2.24, 2.45) is 0 Å². The molecule has 2 aromatic carbocycles. The molecule has 0 aliphatic rings. The SMILES string of the molecule is CCCCCO[C@H](/C=C/C[C@@H](C[C@H](CC)c1ccc(O)cc1)S(=O)(=O)[O-])c1ccc(O)cc1.[Na+]. The van der Waals surface area contributed by atoms with Crippen LogP contribution in [-0.2, 0) is 14.9 Å². The first-order valence-corrected chi connectivity index (χ1v) is 13.0. The van der Waals surface area contributed by atoms with Gasteiger partial charge in [0.25, 0.3) is 0 Å². The van der Waals surface area contributed by atoms with Crippen molar-refractivity contribution in [2.45, 2.75) is 69.6 Å². The molecule has 6 nitrogen and oxygen atoms in total. The molecule has 0 aromatic heterocycles. The van der Waals surface area contributed by atoms with Gasteiger partial charge in [-0.3, -0.25) is 0 Å². The Balaban J connectivity index is 0.00000578. The zero-order valence-corrected chi connectivity index (χ0v) is 23.2. The van der Waals surface area contributed by atoms with Gasteiger partial charge in [0, 0.05) is 6.61 Å². The predicted octanol–water partition coefficient (Wildman–Crippen LogP) is 2.79. The van der Waals surface area contributed by atoms with Gasteiger partial charge in [-0.15, -0.1) is 0 Å². The second-order valence-corrected chi connectivity index (χ2v) is 9.95. The van der Waals surface area contributed by atoms with Crippen molar-refractivity contribution < 1.29 is 57.5 Å². The Hall–Kier alpha value is -1.35. The summed E-state index contributed by atoms with van der Waals surface area (Å²) in [7, 11) is -4.50. The summed E-state index contributed by atoms with van der Waals surface area (Å²) in [5, 5.41) is 18.0. The fourth-order valence-electron chi connectivity index (χ4n) is 3.78. The first kappa shape index (κ1) is 30.7. The molecule has 0 spiro atoms. The third kappa shape index (κ3) is 10.5. The monoisotopic (exact) mass is 498 g/mol. The van der Waals surface area contributed by atoms with Crippen molar-refractivity contribution in [1.82, 2.24) is 0 Å². The second-order valence-electron chi connectivity index (χ2n) is 8.30. The van der Waals surface area contributed by atoms with Gasteiger partial charge in [-0.05, 0) is 67.0 Å². The minimum Gasteiger partial charge on any atom is -0.748 e. The molecule has 0 radical (unpaired) electrons. The number of phenolic OH excluding ortho intramolecular Hbond substituents is 2. The molecular formula is C26H35NaO6S. The van der Waals surface area contributed by atoms with E-state index in [0.29, 0.717) is 13.0 Å². The molecule has 0 aliphatic carbocycles. The molecule has 2 aromatic rings. The van der Waals surface area contributed by atoms with E-state index in [0.717, 1.165) is 30.4 Å². The van der Waals surface area contributed by atoms with Gasteiger partial charge in [-0.2, -0.15) is 0 Å². The Kier molecular flexibility index (Phi) is 14.1. The summed E-state index contributed by atoms with van der Waals surface area (Å²) in [6, 6.07) is 13.4. The third-order valence-corrected chi connectivity index (χ3v) is 6.99. The van der Waals surface area contributed by atoms with Crippen LogP contribution in [0.4, 0.5) is 0 Å². The van der Waals surface area contributed by atoms with E-state index in [1.54, 1.807) is 60.7 Å². The summed E-state index contributed by atoms with van der Waals surface area (Å²) < 4.78 is 42.0. The minimum atomic E-state index is -4.50. The summed E-state index contributed by atoms with van der Waals surface area (Å²) in [4.78, 5) is 0. The molecule has 2 rings (SSSR count). The van der Waals surface area contributed by atoms with Crippen LogP contribution in [0.5, 0.6) is 11.5 Å². The molecule has 0 aliphatic heterocycles. The predicted molar refractivity (Wildman–Crippen MR) is 129 cm³/mol. The van der Waals surface area contributed by atoms with Crippen molar-refractivity contribution in [3.63, 3.8) is 0 Å². The van der Waals surface area contributed by atoms with E-state index < -0.39 is 21.5 Å². The molecule has 34 heavy (non-hydrogen) atoms. The van der Waals surface area contributed by atoms with Crippen LogP contribution in [0.2, 0.25) is 0 Å². The number of hydrogen-bond donors (Lipinski definition) is 2. The minimum absolute atomic E-state index is 0. The summed E-state index contributed by atoms with van der Waals surface area (Å²) in [6.07, 6.45) is 7.13. The second kappa shape index (κ2) is 15.6. The van der Waals surface area contributed by atoms with Crippen molar-refractivity contribution in [3.8, 4) is 11.5 Å². The zero-order chi connectivity index (χ0) is 24.3. The van der Waals surface area contributed by atoms with Crippen LogP contribution in [0.15, 0.2) is 60.7 Å². The van der Waals surface area contributed by atoms with Gasteiger partial charge in [-0.1, -0.05) is 63.1 Å². The number of hydrogen-bond acceptors (Lipinski definition) is 6. The standard InChI is InChI=1S/C26H36O6S.Na/c1-3-5-6-18-32-26(22-12-16-24(28)17-13-22)9-7-8-25(33(29,30)31)19-20(4-2)21-10-14-23(27)15-11-21;/h7,9-17,20,25-28H,3-6,8,18-19H2,1-2H3,(H,29,30,31);/q;+1/p-1/b9-7+;/t20-,25-,26+;/m0./s1. The molecule has 0 saturated carbocycles. The number of aromatic hydroxyl groups is 2. The van der Waals surface area contributed by atoms with Crippen LogP contribution >= 0.6 is 0 Å². The van der Waals surface area contributed by atoms with Gasteiger partial charge >= 0.3 is 29.6 Å². The van der Waals surface area contributed by atoms with Crippen molar-refractivity contribution >= 4 is 10.1 Å². The van der Waals surface area contributed by atoms with Crippen LogP contribution in [0, 0.1) is 0 Å². The van der Waals surface area contributed by atoms with Crippen LogP contribution in [0.25, 0.3) is 0 Å². The van der Waals surface area contributed by atoms with Crippen LogP contribution in [0.1, 0.15) is 75.5 Å². The molecule has 3 atom stereocenters. The number of ether oxygens (including phenoxy) is 1. The van der Waals surface area contributed by atoms with E-state index in [-0.39, 0.29) is 59.8 Å². The zero-order valence-electron chi connectivity index (χ0n) is 20.4. The summed E-state index contributed by atoms with van der Waals surface area (Å²) in [5.41, 5.74) is 1.74. The van der Waals surface area contributed by atoms with Crippen LogP contribution in [-0.4, -0.2) is 35.0 Å². The molecule has 0 saturated heterocycles. The summed E-state index contributed by atoms with van der Waals surface area (Å²) >= 11 is 0. The van der Waals surface area contributed by atoms with E-state index in [4.69, 9.17) is 4.74 Å². The van der Waals surface area contributed by atoms with E-state index in [9.17, 15) is 23.2 Å². The number of allylic oxidation sites excluding steroid dienone is 1. The quantitative estimate of drug-likeness (QED) is 0.180. The van der Waals surface area contributed by atoms with Crippen LogP contribution in [0.3, 0.4) is 0 Å². The van der Waals surface area contributed by atoms with Crippen LogP contribution < -0.4 is 29.6 Å². The molecule has 0 amide bonds. The Labute approximate surface area is 226 Å². The van der Waals surface area contributed by atoms with E-state index in [1.807, 2.05) is 6.92 Å². The normalized spacial score (nSPS) is 14.4. The van der Waals surface area contributed by atoms with Crippen molar-refractivity contribution in [1.29, 1.82) is 0 Å². The van der Waals surface area contributed by atoms with E-state index in [1.165, 1.54) is 0 Å². The summed E-state index contributed by atoms with van der Waals surface area (Å²) in [5.74, 6) is 0.194. The largest absolute Gasteiger partial charge is 1.00 e. The maximum absolute atomic E-state index is 12.0. The average molecular weight is 499 g/mol. The topological polar surface area (TPSA) is 107 Å². The number of phenols is 2. The molecule has 0 bridgehead atoms. The molecule has 0 heterocycles. The summed E-state index contributed by atoms with van der Waals surface area (Å²) in [6.45, 7) is 4.63. The fourth-order valence-corrected chi connectivity index (χ4v) is 4.59. The molecule has 182 valence electrons. The Bertz CT molecular complexity index is 958. The Morgan fingerprint density at radius 1 is 0.941 bits per heavy atom. The van der Waals surface area contributed by atoms with Gasteiger partial charge in [0.1, 0.15) is 17.6 Å². The number of benzene rings is 2. The van der Waals surface area contributed by atoms with Gasteiger partial charge in [-0.25, -0.2) is 8.42 Å². The third-order valence-electron chi connectivity index (χ3n) is 5.79. The van der Waals surface area contributed by atoms with Gasteiger partial charge in [0.2, 0.25) is 0 Å². The maximum atomic E-state index is 12.0. The maximum Gasteiger partial charge on any atom is 1.00 e. The molecular weight excluding hydrogens is 463 g/mol. The van der Waals surface area contributed by atoms with E-state index >= 15 is 0 Å². The molecule has 8 heteroatoms. The molecule has 2 N–H and O–H groups in total. The molecule has 0 unspecified atom stereocenters. The Morgan fingerprint density at radius 2 is 1.50 bits per heavy atom. The number of rotatable bonds is 14. The smallest absolute Gasteiger partial charge is 0.748 e. The Morgan fingerprint density at radius 3 is 2.00 bits per heavy atom.